The lowest BCUT2D eigenvalue weighted by molar-refractivity contribution is -0.132. The van der Waals surface area contributed by atoms with Crippen molar-refractivity contribution in [2.24, 2.45) is 11.8 Å². The number of rotatable bonds is 2. The largest absolute Gasteiger partial charge is 0.342 e. The van der Waals surface area contributed by atoms with Gasteiger partial charge in [0, 0.05) is 13.1 Å². The average Bonchev–Trinajstić information content (AvgIpc) is 2.87. The Bertz CT molecular complexity index is 553. The topological polar surface area (TPSA) is 32.3 Å². The highest BCUT2D eigenvalue weighted by molar-refractivity contribution is 6.42. The van der Waals surface area contributed by atoms with Crippen LogP contribution in [0.25, 0.3) is 0 Å². The van der Waals surface area contributed by atoms with E-state index >= 15 is 0 Å². The Balaban J connectivity index is 0.00000192. The summed E-state index contributed by atoms with van der Waals surface area (Å²) in [6, 6.07) is 5.47. The number of nitrogens with zero attached hydrogens (tertiary/aromatic N) is 1. The molecule has 1 aromatic carbocycles. The molecule has 0 bridgehead atoms. The Hall–Kier alpha value is -0.480. The smallest absolute Gasteiger partial charge is 0.229 e. The van der Waals surface area contributed by atoms with Gasteiger partial charge in [0.25, 0.3) is 0 Å². The van der Waals surface area contributed by atoms with Crippen molar-refractivity contribution < 1.29 is 4.79 Å². The summed E-state index contributed by atoms with van der Waals surface area (Å²) < 4.78 is 0. The number of likely N-dealkylation sites (tertiary alicyclic amines) is 1. The number of carbonyl (C=O) groups excluding carboxylic acids is 1. The SMILES string of the molecule is CC(C(=O)N1CC[C@@H]2CNC[C@@H]2CC1)c1ccc(Cl)c(Cl)c1.Cl. The van der Waals surface area contributed by atoms with E-state index in [-0.39, 0.29) is 24.2 Å². The van der Waals surface area contributed by atoms with E-state index in [1.807, 2.05) is 24.0 Å². The molecule has 1 aromatic rings. The fourth-order valence-electron chi connectivity index (χ4n) is 3.64. The molecule has 0 aliphatic carbocycles. The molecule has 128 valence electrons. The Labute approximate surface area is 154 Å². The van der Waals surface area contributed by atoms with Gasteiger partial charge in [0.1, 0.15) is 0 Å². The summed E-state index contributed by atoms with van der Waals surface area (Å²) in [6.45, 7) is 5.90. The molecule has 23 heavy (non-hydrogen) atoms. The molecule has 3 atom stereocenters. The lowest BCUT2D eigenvalue weighted by Gasteiger charge is -2.25. The first kappa shape index (κ1) is 18.9. The van der Waals surface area contributed by atoms with Crippen molar-refractivity contribution in [2.75, 3.05) is 26.2 Å². The van der Waals surface area contributed by atoms with Gasteiger partial charge in [-0.2, -0.15) is 0 Å². The van der Waals surface area contributed by atoms with Crippen LogP contribution in [0, 0.1) is 11.8 Å². The number of halogens is 3. The normalized spacial score (nSPS) is 25.3. The fourth-order valence-corrected chi connectivity index (χ4v) is 3.94. The van der Waals surface area contributed by atoms with Crippen LogP contribution in [0.3, 0.4) is 0 Å². The highest BCUT2D eigenvalue weighted by Gasteiger charge is 2.32. The number of hydrogen-bond acceptors (Lipinski definition) is 2. The summed E-state index contributed by atoms with van der Waals surface area (Å²) >= 11 is 12.0. The predicted octanol–water partition coefficient (Wildman–Crippen LogP) is 3.98. The van der Waals surface area contributed by atoms with Crippen LogP contribution in [0.4, 0.5) is 0 Å². The van der Waals surface area contributed by atoms with Crippen LogP contribution in [-0.4, -0.2) is 37.0 Å². The molecule has 3 rings (SSSR count). The van der Waals surface area contributed by atoms with Crippen molar-refractivity contribution in [3.05, 3.63) is 33.8 Å². The van der Waals surface area contributed by atoms with Gasteiger partial charge in [-0.1, -0.05) is 29.3 Å². The highest BCUT2D eigenvalue weighted by atomic mass is 35.5. The van der Waals surface area contributed by atoms with E-state index in [0.717, 1.165) is 56.4 Å². The van der Waals surface area contributed by atoms with E-state index in [2.05, 4.69) is 5.32 Å². The molecule has 2 fully saturated rings. The maximum Gasteiger partial charge on any atom is 0.229 e. The second kappa shape index (κ2) is 8.06. The Kier molecular flexibility index (Phi) is 6.61. The summed E-state index contributed by atoms with van der Waals surface area (Å²) in [5, 5.41) is 4.50. The first-order chi connectivity index (χ1) is 10.6. The maximum atomic E-state index is 12.8. The van der Waals surface area contributed by atoms with Crippen LogP contribution in [0.2, 0.25) is 10.0 Å². The van der Waals surface area contributed by atoms with Crippen LogP contribution < -0.4 is 5.32 Å². The molecule has 1 amide bonds. The lowest BCUT2D eigenvalue weighted by atomic mass is 9.92. The second-order valence-electron chi connectivity index (χ2n) is 6.48. The quantitative estimate of drug-likeness (QED) is 0.845. The van der Waals surface area contributed by atoms with Gasteiger partial charge in [-0.25, -0.2) is 0 Å². The van der Waals surface area contributed by atoms with Crippen LogP contribution in [0.1, 0.15) is 31.2 Å². The zero-order valence-corrected chi connectivity index (χ0v) is 15.6. The van der Waals surface area contributed by atoms with Crippen molar-refractivity contribution in [3.8, 4) is 0 Å². The predicted molar refractivity (Wildman–Crippen MR) is 97.8 cm³/mol. The van der Waals surface area contributed by atoms with Crippen LogP contribution in [-0.2, 0) is 4.79 Å². The molecule has 0 saturated carbocycles. The molecule has 1 N–H and O–H groups in total. The van der Waals surface area contributed by atoms with Gasteiger partial charge in [0.05, 0.1) is 16.0 Å². The molecule has 2 aliphatic heterocycles. The fraction of sp³-hybridized carbons (Fsp3) is 0.588. The average molecular weight is 378 g/mol. The molecule has 2 aliphatic rings. The first-order valence-corrected chi connectivity index (χ1v) is 8.76. The van der Waals surface area contributed by atoms with Gasteiger partial charge in [0.15, 0.2) is 0 Å². The van der Waals surface area contributed by atoms with Crippen LogP contribution in [0.5, 0.6) is 0 Å². The number of fused-ring (bicyclic) bond motifs is 1. The molecule has 1 unspecified atom stereocenters. The van der Waals surface area contributed by atoms with Crippen molar-refractivity contribution in [1.29, 1.82) is 0 Å². The zero-order chi connectivity index (χ0) is 15.7. The number of hydrogen-bond donors (Lipinski definition) is 1. The number of nitrogens with one attached hydrogen (secondary N) is 1. The molecule has 3 nitrogen and oxygen atoms in total. The highest BCUT2D eigenvalue weighted by Crippen LogP contribution is 2.30. The summed E-state index contributed by atoms with van der Waals surface area (Å²) in [4.78, 5) is 14.8. The van der Waals surface area contributed by atoms with Crippen molar-refractivity contribution >= 4 is 41.5 Å². The molecular weight excluding hydrogens is 355 g/mol. The molecular formula is C17H23Cl3N2O. The molecule has 2 saturated heterocycles. The van der Waals surface area contributed by atoms with Crippen LogP contribution in [0.15, 0.2) is 18.2 Å². The minimum atomic E-state index is -0.175. The third kappa shape index (κ3) is 4.14. The molecule has 6 heteroatoms. The zero-order valence-electron chi connectivity index (χ0n) is 13.2. The second-order valence-corrected chi connectivity index (χ2v) is 7.29. The monoisotopic (exact) mass is 376 g/mol. The lowest BCUT2D eigenvalue weighted by Crippen LogP contribution is -2.35. The van der Waals surface area contributed by atoms with E-state index in [0.29, 0.717) is 10.0 Å². The van der Waals surface area contributed by atoms with Gasteiger partial charge >= 0.3 is 0 Å². The van der Waals surface area contributed by atoms with Crippen molar-refractivity contribution in [3.63, 3.8) is 0 Å². The van der Waals surface area contributed by atoms with Gasteiger partial charge in [-0.3, -0.25) is 4.79 Å². The van der Waals surface area contributed by atoms with Gasteiger partial charge in [-0.05, 0) is 62.4 Å². The van der Waals surface area contributed by atoms with Crippen LogP contribution >= 0.6 is 35.6 Å². The molecule has 0 spiro atoms. The van der Waals surface area contributed by atoms with E-state index in [9.17, 15) is 4.79 Å². The van der Waals surface area contributed by atoms with Gasteiger partial charge in [0.2, 0.25) is 5.91 Å². The van der Waals surface area contributed by atoms with Crippen molar-refractivity contribution in [2.45, 2.75) is 25.7 Å². The number of carbonyl (C=O) groups is 1. The third-order valence-corrected chi connectivity index (χ3v) is 5.88. The van der Waals surface area contributed by atoms with E-state index in [4.69, 9.17) is 23.2 Å². The summed E-state index contributed by atoms with van der Waals surface area (Å²) in [6.07, 6.45) is 2.22. The summed E-state index contributed by atoms with van der Waals surface area (Å²) in [5.41, 5.74) is 0.936. The van der Waals surface area contributed by atoms with E-state index < -0.39 is 0 Å². The van der Waals surface area contributed by atoms with Gasteiger partial charge < -0.3 is 10.2 Å². The maximum absolute atomic E-state index is 12.8. The third-order valence-electron chi connectivity index (χ3n) is 5.15. The summed E-state index contributed by atoms with van der Waals surface area (Å²) in [5.74, 6) is 1.49. The van der Waals surface area contributed by atoms with E-state index in [1.54, 1.807) is 6.07 Å². The van der Waals surface area contributed by atoms with Crippen molar-refractivity contribution in [1.82, 2.24) is 10.2 Å². The first-order valence-electron chi connectivity index (χ1n) is 8.00. The molecule has 2 heterocycles. The molecule has 0 radical (unpaired) electrons. The Morgan fingerprint density at radius 3 is 2.35 bits per heavy atom. The minimum absolute atomic E-state index is 0. The Morgan fingerprint density at radius 2 is 1.78 bits per heavy atom. The summed E-state index contributed by atoms with van der Waals surface area (Å²) in [7, 11) is 0. The van der Waals surface area contributed by atoms with E-state index in [1.165, 1.54) is 0 Å². The number of benzene rings is 1. The Morgan fingerprint density at radius 1 is 1.17 bits per heavy atom. The molecule has 0 aromatic heterocycles. The van der Waals surface area contributed by atoms with Gasteiger partial charge in [-0.15, -0.1) is 12.4 Å². The standard InChI is InChI=1S/C17H22Cl2N2O.ClH/c1-11(12-2-3-15(18)16(19)8-12)17(22)21-6-4-13-9-20-10-14(13)5-7-21;/h2-3,8,11,13-14,20H,4-7,9-10H2,1H3;1H/t11?,13-,14+;. The number of amides is 1. The minimum Gasteiger partial charge on any atom is -0.342 e.